The summed E-state index contributed by atoms with van der Waals surface area (Å²) in [4.78, 5) is 13.9. The Kier molecular flexibility index (Phi) is 18.1. The Balaban J connectivity index is 0.000000399. The quantitative estimate of drug-likeness (QED) is 0.378. The fraction of sp³-hybridized carbons (Fsp3) is 0.0690. The molecule has 0 amide bonds. The number of benzene rings is 1. The molecule has 4 aliphatic rings. The maximum atomic E-state index is 12.8. The molecule has 0 saturated heterocycles. The smallest absolute Gasteiger partial charge is 0.298 e. The van der Waals surface area contributed by atoms with Gasteiger partial charge in [0.25, 0.3) is 0 Å². The van der Waals surface area contributed by atoms with E-state index >= 15 is 0 Å². The molecule has 1 nitrogen and oxygen atoms in total. The summed E-state index contributed by atoms with van der Waals surface area (Å²) in [5, 5.41) is 2.06. The molecule has 4 saturated carbocycles. The van der Waals surface area contributed by atoms with Crippen LogP contribution in [-0.4, -0.2) is 12.0 Å². The second-order valence-electron chi connectivity index (χ2n) is 6.98. The Morgan fingerprint density at radius 2 is 1.00 bits per heavy atom. The van der Waals surface area contributed by atoms with Crippen LogP contribution >= 0.6 is 23.5 Å². The Bertz CT molecular complexity index is 633. The average molecular weight is 566 g/mol. The van der Waals surface area contributed by atoms with E-state index in [4.69, 9.17) is 0 Å². The van der Waals surface area contributed by atoms with Gasteiger partial charge in [-0.15, -0.1) is 11.8 Å². The molecule has 5 heteroatoms. The largest absolute Gasteiger partial charge is 2.00 e. The number of hydrogen-bond donors (Lipinski definition) is 0. The summed E-state index contributed by atoms with van der Waals surface area (Å²) in [5.41, 5.74) is 1.24. The third-order valence-electron chi connectivity index (χ3n) is 4.62. The van der Waals surface area contributed by atoms with Crippen LogP contribution in [0.4, 0.5) is 0 Å². The zero-order valence-electron chi connectivity index (χ0n) is 19.0. The SMILES string of the molecule is CS[C]1[CH][CH][CH][C]1C(=O)[C]1[CH][CH][CH][C]1Sc1ccc(C)cc1.[CH]1[CH][CH][CH][CH]1.[CH]1[CH][CH][CH][CH]1.[Fe+2].[Fe+2]. The standard InChI is InChI=1S/C19H16OS2.2C5H5.2Fe/c1-13-9-11-14(12-10-13)22-18-8-4-6-16(18)19(20)15-5-3-7-17(15)21-2;2*1-2-4-5-3-1;;/h3-12H,1-2H3;2*1-5H;;/q;;;2*+2. The summed E-state index contributed by atoms with van der Waals surface area (Å²) in [5.74, 6) is 1.69. The normalized spacial score (nSPS) is 21.1. The molecule has 1 aromatic rings. The molecule has 172 valence electrons. The predicted molar refractivity (Wildman–Crippen MR) is 137 cm³/mol. The summed E-state index contributed by atoms with van der Waals surface area (Å²) < 4.78 is 0. The van der Waals surface area contributed by atoms with Crippen LogP contribution < -0.4 is 0 Å². The van der Waals surface area contributed by atoms with Crippen molar-refractivity contribution in [3.8, 4) is 0 Å². The summed E-state index contributed by atoms with van der Waals surface area (Å²) in [6.45, 7) is 2.07. The average Bonchev–Trinajstić information content (AvgIpc) is 3.63. The monoisotopic (exact) mass is 566 g/mol. The predicted octanol–water partition coefficient (Wildman–Crippen LogP) is 6.52. The first-order valence-corrected chi connectivity index (χ1v) is 12.4. The molecular weight excluding hydrogens is 540 g/mol. The molecule has 0 unspecified atom stereocenters. The molecule has 34 heavy (non-hydrogen) atoms. The van der Waals surface area contributed by atoms with E-state index in [-0.39, 0.29) is 39.9 Å². The van der Waals surface area contributed by atoms with Crippen molar-refractivity contribution in [2.24, 2.45) is 0 Å². The third-order valence-corrected chi connectivity index (χ3v) is 6.50. The van der Waals surface area contributed by atoms with Gasteiger partial charge in [-0.05, 0) is 128 Å². The first-order chi connectivity index (χ1) is 15.7. The summed E-state index contributed by atoms with van der Waals surface area (Å²) in [6.07, 6.45) is 33.7. The van der Waals surface area contributed by atoms with E-state index in [2.05, 4.69) is 31.2 Å². The van der Waals surface area contributed by atoms with Crippen LogP contribution in [0.15, 0.2) is 29.2 Å². The van der Waals surface area contributed by atoms with Crippen molar-refractivity contribution in [3.63, 3.8) is 0 Å². The Labute approximate surface area is 239 Å². The van der Waals surface area contributed by atoms with Gasteiger partial charge in [0, 0.05) is 10.1 Å². The minimum absolute atomic E-state index is 0. The number of rotatable bonds is 5. The van der Waals surface area contributed by atoms with E-state index in [1.807, 2.05) is 109 Å². The number of ketones is 1. The molecular formula is C29H26Fe2OS2+4. The van der Waals surface area contributed by atoms with Gasteiger partial charge in [0.05, 0.1) is 17.1 Å². The number of carbonyl (C=O) groups excluding carboxylic acids is 1. The molecule has 0 aliphatic heterocycles. The number of Topliss-reactive ketones (excluding diaryl/α,β-unsaturated/α-hetero) is 1. The van der Waals surface area contributed by atoms with Crippen molar-refractivity contribution in [1.82, 2.24) is 0 Å². The van der Waals surface area contributed by atoms with Gasteiger partial charge in [-0.2, -0.15) is 11.8 Å². The van der Waals surface area contributed by atoms with E-state index in [0.29, 0.717) is 0 Å². The van der Waals surface area contributed by atoms with Crippen molar-refractivity contribution < 1.29 is 38.9 Å². The second-order valence-corrected chi connectivity index (χ2v) is 8.94. The van der Waals surface area contributed by atoms with E-state index in [0.717, 1.165) is 27.2 Å². The van der Waals surface area contributed by atoms with Crippen LogP contribution in [0.25, 0.3) is 0 Å². The van der Waals surface area contributed by atoms with Gasteiger partial charge >= 0.3 is 34.1 Å². The van der Waals surface area contributed by atoms with Crippen LogP contribution in [0.3, 0.4) is 0 Å². The van der Waals surface area contributed by atoms with Crippen LogP contribution in [0.2, 0.25) is 0 Å². The van der Waals surface area contributed by atoms with Crippen molar-refractivity contribution >= 4 is 29.3 Å². The van der Waals surface area contributed by atoms with E-state index in [1.54, 1.807) is 23.5 Å². The van der Waals surface area contributed by atoms with Crippen molar-refractivity contribution in [2.45, 2.75) is 11.8 Å². The maximum absolute atomic E-state index is 12.8. The molecule has 0 bridgehead atoms. The minimum atomic E-state index is 0. The first-order valence-electron chi connectivity index (χ1n) is 10.4. The number of thioether (sulfide) groups is 2. The summed E-state index contributed by atoms with van der Waals surface area (Å²) in [6, 6.07) is 8.37. The molecule has 1 aromatic carbocycles. The zero-order valence-corrected chi connectivity index (χ0v) is 22.8. The molecule has 0 spiro atoms. The van der Waals surface area contributed by atoms with E-state index in [1.165, 1.54) is 5.56 Å². The molecule has 20 radical (unpaired) electrons. The van der Waals surface area contributed by atoms with Crippen LogP contribution in [0.5, 0.6) is 0 Å². The fourth-order valence-corrected chi connectivity index (χ4v) is 4.51. The fourth-order valence-electron chi connectivity index (χ4n) is 2.97. The van der Waals surface area contributed by atoms with Crippen LogP contribution in [0.1, 0.15) is 5.56 Å². The summed E-state index contributed by atoms with van der Waals surface area (Å²) >= 11 is 3.25. The van der Waals surface area contributed by atoms with E-state index in [9.17, 15) is 4.79 Å². The zero-order chi connectivity index (χ0) is 22.6. The first kappa shape index (κ1) is 32.7. The van der Waals surface area contributed by atoms with Crippen molar-refractivity contribution in [1.29, 1.82) is 0 Å². The minimum Gasteiger partial charge on any atom is -0.298 e. The van der Waals surface area contributed by atoms with E-state index < -0.39 is 0 Å². The number of aryl methyl sites for hydroxylation is 1. The number of carbonyl (C=O) groups is 1. The van der Waals surface area contributed by atoms with Gasteiger partial charge < -0.3 is 0 Å². The van der Waals surface area contributed by atoms with Gasteiger partial charge in [0.15, 0.2) is 5.78 Å². The third kappa shape index (κ3) is 10.9. The molecule has 0 aromatic heterocycles. The Morgan fingerprint density at radius 1 is 0.588 bits per heavy atom. The molecule has 0 N–H and O–H groups in total. The van der Waals surface area contributed by atoms with Crippen molar-refractivity contribution in [2.75, 3.05) is 6.26 Å². The van der Waals surface area contributed by atoms with Gasteiger partial charge in [-0.25, -0.2) is 0 Å². The van der Waals surface area contributed by atoms with Gasteiger partial charge in [0.2, 0.25) is 0 Å². The van der Waals surface area contributed by atoms with Crippen molar-refractivity contribution in [3.05, 3.63) is 155 Å². The topological polar surface area (TPSA) is 17.1 Å². The molecule has 4 fully saturated rings. The Morgan fingerprint density at radius 3 is 1.44 bits per heavy atom. The molecule has 0 heterocycles. The summed E-state index contributed by atoms with van der Waals surface area (Å²) in [7, 11) is 0. The Hall–Kier alpha value is 0.629. The molecule has 5 rings (SSSR count). The van der Waals surface area contributed by atoms with Gasteiger partial charge in [0.1, 0.15) is 0 Å². The van der Waals surface area contributed by atoms with Crippen LogP contribution in [0, 0.1) is 132 Å². The second kappa shape index (κ2) is 18.8. The maximum Gasteiger partial charge on any atom is 2.00 e. The van der Waals surface area contributed by atoms with Gasteiger partial charge in [-0.1, -0.05) is 17.7 Å². The molecule has 0 atom stereocenters. The van der Waals surface area contributed by atoms with Crippen LogP contribution in [-0.2, 0) is 38.9 Å². The van der Waals surface area contributed by atoms with Gasteiger partial charge in [-0.3, -0.25) is 4.79 Å². The number of hydrogen-bond acceptors (Lipinski definition) is 3. The molecule has 4 aliphatic carbocycles.